The van der Waals surface area contributed by atoms with E-state index in [1.54, 1.807) is 0 Å². The van der Waals surface area contributed by atoms with Crippen LogP contribution in [-0.2, 0) is 4.74 Å². The Hall–Kier alpha value is -1.80. The molecule has 1 fully saturated rings. The van der Waals surface area contributed by atoms with Crippen molar-refractivity contribution < 1.29 is 4.74 Å². The molecule has 0 aromatic heterocycles. The molecular formula is C17H15NO. The van der Waals surface area contributed by atoms with Gasteiger partial charge in [0.25, 0.3) is 0 Å². The van der Waals surface area contributed by atoms with Crippen molar-refractivity contribution in [2.45, 2.75) is 30.6 Å². The Morgan fingerprint density at radius 1 is 1.00 bits per heavy atom. The predicted molar refractivity (Wildman–Crippen MR) is 74.2 cm³/mol. The van der Waals surface area contributed by atoms with Crippen molar-refractivity contribution in [3.05, 3.63) is 65.2 Å². The highest BCUT2D eigenvalue weighted by molar-refractivity contribution is 5.65. The molecule has 2 heterocycles. The quantitative estimate of drug-likeness (QED) is 0.778. The molecule has 2 heteroatoms. The fourth-order valence-corrected chi connectivity index (χ4v) is 3.88. The molecule has 2 aromatic carbocycles. The summed E-state index contributed by atoms with van der Waals surface area (Å²) in [7, 11) is 0. The topological polar surface area (TPSA) is 24.6 Å². The second-order valence-electron chi connectivity index (χ2n) is 5.78. The first-order valence-electron chi connectivity index (χ1n) is 7.01. The number of fused-ring (bicyclic) bond motifs is 2. The van der Waals surface area contributed by atoms with E-state index in [1.165, 1.54) is 22.4 Å². The van der Waals surface area contributed by atoms with E-state index >= 15 is 0 Å². The summed E-state index contributed by atoms with van der Waals surface area (Å²) >= 11 is 0. The molecule has 0 spiro atoms. The van der Waals surface area contributed by atoms with Gasteiger partial charge in [0.05, 0.1) is 12.1 Å². The smallest absolute Gasteiger partial charge is 0.110 e. The highest BCUT2D eigenvalue weighted by Crippen LogP contribution is 2.59. The largest absolute Gasteiger partial charge is 0.377 e. The molecule has 1 N–H and O–H groups in total. The van der Waals surface area contributed by atoms with Crippen LogP contribution in [-0.4, -0.2) is 6.10 Å². The Bertz CT molecular complexity index is 652. The lowest BCUT2D eigenvalue weighted by atomic mass is 9.79. The van der Waals surface area contributed by atoms with Crippen LogP contribution in [0.25, 0.3) is 0 Å². The lowest BCUT2D eigenvalue weighted by Crippen LogP contribution is -2.16. The molecule has 94 valence electrons. The SMILES string of the molecule is c1ccc(C2Nc3cccc4c3C2CC2OC42)cc1. The van der Waals surface area contributed by atoms with Crippen LogP contribution in [0.4, 0.5) is 5.69 Å². The van der Waals surface area contributed by atoms with Crippen molar-refractivity contribution in [1.82, 2.24) is 0 Å². The summed E-state index contributed by atoms with van der Waals surface area (Å²) in [6, 6.07) is 17.8. The van der Waals surface area contributed by atoms with Gasteiger partial charge in [-0.25, -0.2) is 0 Å². The first-order chi connectivity index (χ1) is 9.42. The number of hydrogen-bond acceptors (Lipinski definition) is 2. The fraction of sp³-hybridized carbons (Fsp3) is 0.294. The Morgan fingerprint density at radius 2 is 1.89 bits per heavy atom. The van der Waals surface area contributed by atoms with Gasteiger partial charge in [-0.1, -0.05) is 42.5 Å². The van der Waals surface area contributed by atoms with Gasteiger partial charge in [-0.3, -0.25) is 0 Å². The van der Waals surface area contributed by atoms with E-state index in [4.69, 9.17) is 4.74 Å². The van der Waals surface area contributed by atoms with E-state index in [0.717, 1.165) is 6.42 Å². The minimum atomic E-state index is 0.377. The average molecular weight is 249 g/mol. The Kier molecular flexibility index (Phi) is 1.79. The third-order valence-corrected chi connectivity index (χ3v) is 4.76. The van der Waals surface area contributed by atoms with Gasteiger partial charge in [0.15, 0.2) is 0 Å². The van der Waals surface area contributed by atoms with Crippen molar-refractivity contribution in [3.63, 3.8) is 0 Å². The molecule has 1 saturated heterocycles. The third kappa shape index (κ3) is 1.30. The molecule has 2 aliphatic heterocycles. The van der Waals surface area contributed by atoms with E-state index in [9.17, 15) is 0 Å². The van der Waals surface area contributed by atoms with Crippen molar-refractivity contribution >= 4 is 5.69 Å². The van der Waals surface area contributed by atoms with Gasteiger partial charge in [-0.15, -0.1) is 0 Å². The van der Waals surface area contributed by atoms with E-state index in [-0.39, 0.29) is 0 Å². The van der Waals surface area contributed by atoms with Crippen LogP contribution < -0.4 is 5.32 Å². The van der Waals surface area contributed by atoms with Gasteiger partial charge in [0, 0.05) is 11.6 Å². The van der Waals surface area contributed by atoms with Crippen LogP contribution in [0.15, 0.2) is 48.5 Å². The molecule has 19 heavy (non-hydrogen) atoms. The molecule has 2 nitrogen and oxygen atoms in total. The molecule has 0 amide bonds. The summed E-state index contributed by atoms with van der Waals surface area (Å²) < 4.78 is 5.82. The molecule has 0 saturated carbocycles. The van der Waals surface area contributed by atoms with Crippen LogP contribution in [0, 0.1) is 0 Å². The number of benzene rings is 2. The van der Waals surface area contributed by atoms with Crippen LogP contribution in [0.2, 0.25) is 0 Å². The van der Waals surface area contributed by atoms with Gasteiger partial charge in [0.2, 0.25) is 0 Å². The van der Waals surface area contributed by atoms with Crippen LogP contribution in [0.1, 0.15) is 41.2 Å². The summed E-state index contributed by atoms with van der Waals surface area (Å²) in [4.78, 5) is 0. The van der Waals surface area contributed by atoms with Gasteiger partial charge in [0.1, 0.15) is 6.10 Å². The predicted octanol–water partition coefficient (Wildman–Crippen LogP) is 3.78. The molecule has 4 atom stereocenters. The van der Waals surface area contributed by atoms with Gasteiger partial charge < -0.3 is 10.1 Å². The molecule has 2 aromatic rings. The lowest BCUT2D eigenvalue weighted by molar-refractivity contribution is 0.361. The van der Waals surface area contributed by atoms with Gasteiger partial charge >= 0.3 is 0 Å². The molecule has 0 bridgehead atoms. The average Bonchev–Trinajstić information content (AvgIpc) is 3.16. The Labute approximate surface area is 112 Å². The van der Waals surface area contributed by atoms with E-state index in [1.807, 2.05) is 0 Å². The first-order valence-corrected chi connectivity index (χ1v) is 7.01. The first kappa shape index (κ1) is 10.0. The van der Waals surface area contributed by atoms with Crippen molar-refractivity contribution in [2.24, 2.45) is 0 Å². The summed E-state index contributed by atoms with van der Waals surface area (Å²) in [5.74, 6) is 0.567. The zero-order chi connectivity index (χ0) is 12.4. The molecule has 4 unspecified atom stereocenters. The second-order valence-corrected chi connectivity index (χ2v) is 5.78. The van der Waals surface area contributed by atoms with E-state index < -0.39 is 0 Å². The minimum absolute atomic E-state index is 0.377. The zero-order valence-corrected chi connectivity index (χ0v) is 10.5. The number of nitrogens with one attached hydrogen (secondary N) is 1. The summed E-state index contributed by atoms with van der Waals surface area (Å²) in [6.07, 6.45) is 1.99. The molecule has 3 aliphatic rings. The van der Waals surface area contributed by atoms with Crippen molar-refractivity contribution in [1.29, 1.82) is 0 Å². The summed E-state index contributed by atoms with van der Waals surface area (Å²) in [6.45, 7) is 0. The number of epoxide rings is 1. The third-order valence-electron chi connectivity index (χ3n) is 4.76. The maximum atomic E-state index is 5.82. The van der Waals surface area contributed by atoms with Crippen LogP contribution >= 0.6 is 0 Å². The number of rotatable bonds is 1. The minimum Gasteiger partial charge on any atom is -0.377 e. The maximum Gasteiger partial charge on any atom is 0.110 e. The normalized spacial score (nSPS) is 33.3. The second kappa shape index (κ2) is 3.40. The number of ether oxygens (including phenoxy) is 1. The maximum absolute atomic E-state index is 5.82. The number of anilines is 1. The van der Waals surface area contributed by atoms with Gasteiger partial charge in [-0.05, 0) is 29.2 Å². The van der Waals surface area contributed by atoms with E-state index in [2.05, 4.69) is 53.8 Å². The van der Waals surface area contributed by atoms with Crippen LogP contribution in [0.5, 0.6) is 0 Å². The Morgan fingerprint density at radius 3 is 2.79 bits per heavy atom. The van der Waals surface area contributed by atoms with Crippen molar-refractivity contribution in [2.75, 3.05) is 5.32 Å². The molecular weight excluding hydrogens is 234 g/mol. The summed E-state index contributed by atoms with van der Waals surface area (Å²) in [5, 5.41) is 3.72. The fourth-order valence-electron chi connectivity index (χ4n) is 3.88. The number of hydrogen-bond donors (Lipinski definition) is 1. The van der Waals surface area contributed by atoms with E-state index in [0.29, 0.717) is 24.2 Å². The lowest BCUT2D eigenvalue weighted by Gasteiger charge is -2.23. The molecule has 5 rings (SSSR count). The highest BCUT2D eigenvalue weighted by Gasteiger charge is 2.52. The highest BCUT2D eigenvalue weighted by atomic mass is 16.6. The van der Waals surface area contributed by atoms with Crippen molar-refractivity contribution in [3.8, 4) is 0 Å². The zero-order valence-electron chi connectivity index (χ0n) is 10.5. The van der Waals surface area contributed by atoms with Crippen LogP contribution in [0.3, 0.4) is 0 Å². The van der Waals surface area contributed by atoms with Gasteiger partial charge in [-0.2, -0.15) is 0 Å². The Balaban J connectivity index is 1.66. The molecule has 1 aliphatic carbocycles. The molecule has 0 radical (unpaired) electrons. The monoisotopic (exact) mass is 249 g/mol. The summed E-state index contributed by atoms with van der Waals surface area (Å²) in [5.41, 5.74) is 5.62. The standard InChI is InChI=1S/C17H15NO/c1-2-5-10(6-3-1)16-12-9-14-17(19-14)11-7-4-8-13(18-16)15(11)12/h1-8,12,14,16-18H,9H2.